The normalized spacial score (nSPS) is 10.7. The quantitative estimate of drug-likeness (QED) is 0.525. The molecule has 5 nitrogen and oxygen atoms in total. The van der Waals surface area contributed by atoms with Gasteiger partial charge in [0.05, 0.1) is 7.11 Å². The molecule has 104 valence electrons. The van der Waals surface area contributed by atoms with E-state index in [9.17, 15) is 9.59 Å². The number of ether oxygens (including phenoxy) is 1. The van der Waals surface area contributed by atoms with E-state index in [0.717, 1.165) is 11.4 Å². The van der Waals surface area contributed by atoms with Crippen molar-refractivity contribution < 1.29 is 14.3 Å². The first-order valence-electron chi connectivity index (χ1n) is 5.12. The molecule has 0 aliphatic rings. The van der Waals surface area contributed by atoms with Gasteiger partial charge in [0.1, 0.15) is 0 Å². The van der Waals surface area contributed by atoms with E-state index in [0.29, 0.717) is 17.6 Å². The second-order valence-corrected chi connectivity index (χ2v) is 6.51. The summed E-state index contributed by atoms with van der Waals surface area (Å²) >= 11 is 12.2. The van der Waals surface area contributed by atoms with Gasteiger partial charge in [0.2, 0.25) is 0 Å². The van der Waals surface area contributed by atoms with Crippen molar-refractivity contribution in [1.82, 2.24) is 4.31 Å². The zero-order valence-electron chi connectivity index (χ0n) is 10.2. The van der Waals surface area contributed by atoms with Crippen molar-refractivity contribution in [2.24, 2.45) is 0 Å². The van der Waals surface area contributed by atoms with Gasteiger partial charge >= 0.3 is 12.0 Å². The summed E-state index contributed by atoms with van der Waals surface area (Å²) in [5.74, 6) is -0.847. The highest BCUT2D eigenvalue weighted by molar-refractivity contribution is 8.02. The van der Waals surface area contributed by atoms with Crippen molar-refractivity contribution >= 4 is 52.8 Å². The standard InChI is InChI=1S/C11H12Cl2N2O3S/c1-15(19-11(12,13)9(16)18-2)10(17)14-8-6-4-3-5-7-8/h3-7H,1-2H3,(H,14,17). The summed E-state index contributed by atoms with van der Waals surface area (Å²) in [6.45, 7) is 0. The number of esters is 1. The molecule has 8 heteroatoms. The van der Waals surface area contributed by atoms with Gasteiger partial charge in [-0.25, -0.2) is 9.59 Å². The molecule has 0 spiro atoms. The molecule has 0 fully saturated rings. The summed E-state index contributed by atoms with van der Waals surface area (Å²) < 4.78 is 3.67. The zero-order chi connectivity index (χ0) is 14.5. The lowest BCUT2D eigenvalue weighted by Crippen LogP contribution is -2.33. The first kappa shape index (κ1) is 15.9. The molecular formula is C11H12Cl2N2O3S. The summed E-state index contributed by atoms with van der Waals surface area (Å²) in [5, 5.41) is 2.62. The molecule has 0 saturated heterocycles. The van der Waals surface area contributed by atoms with Crippen molar-refractivity contribution in [3.05, 3.63) is 30.3 Å². The first-order chi connectivity index (χ1) is 8.86. The number of nitrogens with zero attached hydrogens (tertiary/aromatic N) is 1. The van der Waals surface area contributed by atoms with Crippen LogP contribution in [-0.4, -0.2) is 34.1 Å². The van der Waals surface area contributed by atoms with E-state index in [2.05, 4.69) is 10.1 Å². The average molecular weight is 323 g/mol. The Morgan fingerprint density at radius 3 is 2.42 bits per heavy atom. The van der Waals surface area contributed by atoms with E-state index in [1.54, 1.807) is 24.3 Å². The van der Waals surface area contributed by atoms with Crippen molar-refractivity contribution in [3.8, 4) is 0 Å². The molecule has 0 aliphatic heterocycles. The number of hydrogen-bond acceptors (Lipinski definition) is 4. The maximum absolute atomic E-state index is 11.8. The highest BCUT2D eigenvalue weighted by Gasteiger charge is 2.39. The lowest BCUT2D eigenvalue weighted by molar-refractivity contribution is -0.139. The summed E-state index contributed by atoms with van der Waals surface area (Å²) in [6, 6.07) is 8.38. The number of alkyl halides is 2. The number of rotatable bonds is 4. The number of urea groups is 1. The van der Waals surface area contributed by atoms with Gasteiger partial charge in [-0.05, 0) is 12.1 Å². The third kappa shape index (κ3) is 4.81. The van der Waals surface area contributed by atoms with Crippen LogP contribution in [0.25, 0.3) is 0 Å². The van der Waals surface area contributed by atoms with Gasteiger partial charge in [-0.1, -0.05) is 41.4 Å². The van der Waals surface area contributed by atoms with Crippen LogP contribution in [0.3, 0.4) is 0 Å². The van der Waals surface area contributed by atoms with E-state index < -0.39 is 15.7 Å². The van der Waals surface area contributed by atoms with Crippen LogP contribution in [0.5, 0.6) is 0 Å². The minimum Gasteiger partial charge on any atom is -0.466 e. The average Bonchev–Trinajstić information content (AvgIpc) is 2.38. The van der Waals surface area contributed by atoms with Crippen molar-refractivity contribution in [3.63, 3.8) is 0 Å². The number of amides is 2. The number of hydrogen-bond donors (Lipinski definition) is 1. The van der Waals surface area contributed by atoms with Crippen molar-refractivity contribution in [1.29, 1.82) is 0 Å². The Bertz CT molecular complexity index is 457. The Hall–Kier alpha value is -1.11. The largest absolute Gasteiger partial charge is 0.466 e. The molecule has 1 N–H and O–H groups in total. The second-order valence-electron chi connectivity index (χ2n) is 3.39. The van der Waals surface area contributed by atoms with Crippen LogP contribution in [0.15, 0.2) is 30.3 Å². The fraction of sp³-hybridized carbons (Fsp3) is 0.273. The third-order valence-corrected chi connectivity index (χ3v) is 3.54. The number of carbonyl (C=O) groups excluding carboxylic acids is 2. The van der Waals surface area contributed by atoms with Crippen LogP contribution in [-0.2, 0) is 9.53 Å². The van der Waals surface area contributed by atoms with E-state index in [4.69, 9.17) is 23.2 Å². The molecule has 1 aromatic carbocycles. The topological polar surface area (TPSA) is 58.6 Å². The summed E-state index contributed by atoms with van der Waals surface area (Å²) in [6.07, 6.45) is 0. The van der Waals surface area contributed by atoms with Gasteiger partial charge in [-0.15, -0.1) is 0 Å². The highest BCUT2D eigenvalue weighted by atomic mass is 35.5. The van der Waals surface area contributed by atoms with Crippen LogP contribution in [0.2, 0.25) is 0 Å². The molecule has 1 aromatic rings. The van der Waals surface area contributed by atoms with Gasteiger partial charge in [-0.2, -0.15) is 0 Å². The van der Waals surface area contributed by atoms with Crippen LogP contribution in [0.1, 0.15) is 0 Å². The molecule has 19 heavy (non-hydrogen) atoms. The van der Waals surface area contributed by atoms with Gasteiger partial charge in [0.25, 0.3) is 3.67 Å². The summed E-state index contributed by atoms with van der Waals surface area (Å²) in [5.41, 5.74) is 0.618. The van der Waals surface area contributed by atoms with Gasteiger partial charge < -0.3 is 10.1 Å². The highest BCUT2D eigenvalue weighted by Crippen LogP contribution is 2.37. The molecule has 1 rings (SSSR count). The number of nitrogens with one attached hydrogen (secondary N) is 1. The molecule has 0 heterocycles. The predicted molar refractivity (Wildman–Crippen MR) is 77.3 cm³/mol. The van der Waals surface area contributed by atoms with Gasteiger partial charge in [-0.3, -0.25) is 4.31 Å². The Morgan fingerprint density at radius 2 is 1.89 bits per heavy atom. The van der Waals surface area contributed by atoms with Crippen LogP contribution in [0, 0.1) is 0 Å². The molecule has 2 amide bonds. The molecule has 0 bridgehead atoms. The number of para-hydroxylation sites is 1. The molecule has 0 aromatic heterocycles. The number of halogens is 2. The second kappa shape index (κ2) is 6.88. The van der Waals surface area contributed by atoms with Gasteiger partial charge in [0, 0.05) is 24.7 Å². The lowest BCUT2D eigenvalue weighted by Gasteiger charge is -2.23. The number of carbonyl (C=O) groups is 2. The third-order valence-electron chi connectivity index (χ3n) is 1.99. The minimum atomic E-state index is -1.88. The number of methoxy groups -OCH3 is 1. The predicted octanol–water partition coefficient (Wildman–Crippen LogP) is 3.10. The zero-order valence-corrected chi connectivity index (χ0v) is 12.6. The van der Waals surface area contributed by atoms with Crippen LogP contribution < -0.4 is 5.32 Å². The molecular weight excluding hydrogens is 311 g/mol. The fourth-order valence-corrected chi connectivity index (χ4v) is 2.50. The van der Waals surface area contributed by atoms with E-state index in [-0.39, 0.29) is 0 Å². The summed E-state index contributed by atoms with van der Waals surface area (Å²) in [7, 11) is 2.60. The Kier molecular flexibility index (Phi) is 5.78. The maximum atomic E-state index is 11.8. The smallest absolute Gasteiger partial charge is 0.354 e. The monoisotopic (exact) mass is 322 g/mol. The van der Waals surface area contributed by atoms with E-state index in [1.165, 1.54) is 7.05 Å². The number of benzene rings is 1. The van der Waals surface area contributed by atoms with Crippen molar-refractivity contribution in [2.45, 2.75) is 3.67 Å². The molecule has 0 atom stereocenters. The minimum absolute atomic E-state index is 0.467. The maximum Gasteiger partial charge on any atom is 0.354 e. The lowest BCUT2D eigenvalue weighted by atomic mass is 10.3. The molecule has 0 unspecified atom stereocenters. The SMILES string of the molecule is COC(=O)C(Cl)(Cl)SN(C)C(=O)Nc1ccccc1. The fourth-order valence-electron chi connectivity index (χ4n) is 1.09. The van der Waals surface area contributed by atoms with Gasteiger partial charge in [0.15, 0.2) is 0 Å². The molecule has 0 radical (unpaired) electrons. The van der Waals surface area contributed by atoms with E-state index in [1.807, 2.05) is 6.07 Å². The Labute approximate surface area is 125 Å². The Morgan fingerprint density at radius 1 is 1.32 bits per heavy atom. The first-order valence-corrected chi connectivity index (χ1v) is 6.65. The van der Waals surface area contributed by atoms with Crippen molar-refractivity contribution in [2.75, 3.05) is 19.5 Å². The van der Waals surface area contributed by atoms with Crippen LogP contribution in [0.4, 0.5) is 10.5 Å². The number of anilines is 1. The van der Waals surface area contributed by atoms with E-state index >= 15 is 0 Å². The molecule has 0 aliphatic carbocycles. The molecule has 0 saturated carbocycles. The Balaban J connectivity index is 2.61. The van der Waals surface area contributed by atoms with Crippen LogP contribution >= 0.6 is 35.1 Å². The summed E-state index contributed by atoms with van der Waals surface area (Å²) in [4.78, 5) is 23.1.